The first kappa shape index (κ1) is 36.6. The van der Waals surface area contributed by atoms with Crippen molar-refractivity contribution in [2.24, 2.45) is 0 Å². The first-order chi connectivity index (χ1) is 31.3. The second-order valence-electron chi connectivity index (χ2n) is 16.4. The summed E-state index contributed by atoms with van der Waals surface area (Å²) in [6.45, 7) is 0. The summed E-state index contributed by atoms with van der Waals surface area (Å²) in [5.74, 6) is 0.695. The molecule has 0 unspecified atom stereocenters. The Morgan fingerprint density at radius 3 is 1.38 bits per heavy atom. The molecule has 11 aromatic rings. The SMILES string of the molecule is c1ccc(-c2cc(-c3ccc(-c4ccccc4)c4ccccc34)nc(-c3ccc(-c4cccc5c4-c4ccccc4C5(c4ccccc4)c4ccccc4)c4ccccc34)n2)cc1. The van der Waals surface area contributed by atoms with Crippen LogP contribution in [0.15, 0.2) is 243 Å². The summed E-state index contributed by atoms with van der Waals surface area (Å²) in [5, 5.41) is 4.61. The van der Waals surface area contributed by atoms with Crippen LogP contribution in [0.25, 0.3) is 88.8 Å². The molecule has 10 aromatic carbocycles. The molecule has 0 N–H and O–H groups in total. The Morgan fingerprint density at radius 2 is 0.714 bits per heavy atom. The van der Waals surface area contributed by atoms with E-state index in [1.165, 1.54) is 61.0 Å². The highest BCUT2D eigenvalue weighted by Gasteiger charge is 2.46. The van der Waals surface area contributed by atoms with E-state index in [0.29, 0.717) is 5.82 Å². The van der Waals surface area contributed by atoms with Crippen LogP contribution in [0.2, 0.25) is 0 Å². The molecular formula is C61H40N2. The summed E-state index contributed by atoms with van der Waals surface area (Å²) in [6, 6.07) is 87.6. The summed E-state index contributed by atoms with van der Waals surface area (Å²) < 4.78 is 0. The largest absolute Gasteiger partial charge is 0.228 e. The third-order valence-electron chi connectivity index (χ3n) is 13.0. The van der Waals surface area contributed by atoms with Gasteiger partial charge >= 0.3 is 0 Å². The van der Waals surface area contributed by atoms with Crippen LogP contribution in [0.3, 0.4) is 0 Å². The average molecular weight is 801 g/mol. The van der Waals surface area contributed by atoms with Crippen LogP contribution in [-0.2, 0) is 5.41 Å². The van der Waals surface area contributed by atoms with E-state index in [1.807, 2.05) is 0 Å². The van der Waals surface area contributed by atoms with Gasteiger partial charge in [-0.3, -0.25) is 0 Å². The molecule has 1 aliphatic carbocycles. The van der Waals surface area contributed by atoms with E-state index in [0.717, 1.165) is 44.2 Å². The van der Waals surface area contributed by atoms with Crippen LogP contribution in [-0.4, -0.2) is 9.97 Å². The van der Waals surface area contributed by atoms with Crippen LogP contribution < -0.4 is 0 Å². The molecule has 0 spiro atoms. The number of aromatic nitrogens is 2. The normalized spacial score (nSPS) is 12.6. The second-order valence-corrected chi connectivity index (χ2v) is 16.4. The van der Waals surface area contributed by atoms with Crippen LogP contribution in [0, 0.1) is 0 Å². The van der Waals surface area contributed by atoms with Gasteiger partial charge < -0.3 is 0 Å². The second kappa shape index (κ2) is 15.1. The summed E-state index contributed by atoms with van der Waals surface area (Å²) >= 11 is 0. The van der Waals surface area contributed by atoms with Gasteiger partial charge in [-0.25, -0.2) is 9.97 Å². The van der Waals surface area contributed by atoms with Gasteiger partial charge in [0.25, 0.3) is 0 Å². The van der Waals surface area contributed by atoms with Gasteiger partial charge in [0.15, 0.2) is 5.82 Å². The molecule has 12 rings (SSSR count). The van der Waals surface area contributed by atoms with Gasteiger partial charge in [0, 0.05) is 16.7 Å². The van der Waals surface area contributed by atoms with Crippen LogP contribution in [0.1, 0.15) is 22.3 Å². The lowest BCUT2D eigenvalue weighted by Gasteiger charge is -2.34. The van der Waals surface area contributed by atoms with Gasteiger partial charge in [0.05, 0.1) is 16.8 Å². The quantitative estimate of drug-likeness (QED) is 0.160. The number of fused-ring (bicyclic) bond motifs is 5. The first-order valence-corrected chi connectivity index (χ1v) is 21.7. The maximum absolute atomic E-state index is 5.47. The van der Waals surface area contributed by atoms with Crippen molar-refractivity contribution in [3.8, 4) is 67.3 Å². The molecule has 294 valence electrons. The lowest BCUT2D eigenvalue weighted by molar-refractivity contribution is 0.768. The fraction of sp³-hybridized carbons (Fsp3) is 0.0164. The molecule has 0 saturated heterocycles. The Hall–Kier alpha value is -8.20. The number of hydrogen-bond acceptors (Lipinski definition) is 2. The van der Waals surface area contributed by atoms with Crippen molar-refractivity contribution in [3.05, 3.63) is 265 Å². The Labute approximate surface area is 367 Å². The molecule has 0 saturated carbocycles. The Kier molecular flexibility index (Phi) is 8.76. The van der Waals surface area contributed by atoms with E-state index in [1.54, 1.807) is 0 Å². The van der Waals surface area contributed by atoms with Crippen LogP contribution in [0.5, 0.6) is 0 Å². The van der Waals surface area contributed by atoms with Gasteiger partial charge in [-0.1, -0.05) is 231 Å². The van der Waals surface area contributed by atoms with Gasteiger partial charge in [0.1, 0.15) is 0 Å². The highest BCUT2D eigenvalue weighted by atomic mass is 14.9. The zero-order valence-electron chi connectivity index (χ0n) is 34.5. The standard InChI is InChI=1S/C61H40N2/c1-5-20-41(21-6-1)45-36-38-51(48-30-15-13-28-46(45)48)58-40-57(42-22-7-2-8-23-42)62-60(63-58)53-39-37-50(47-29-14-16-31-49(47)53)52-33-19-35-56-59(52)54-32-17-18-34-55(54)61(56,43-24-9-3-10-25-43)44-26-11-4-12-27-44/h1-40H. The van der Waals surface area contributed by atoms with E-state index in [4.69, 9.17) is 9.97 Å². The summed E-state index contributed by atoms with van der Waals surface area (Å²) in [5.41, 5.74) is 16.8. The third kappa shape index (κ3) is 5.87. The number of hydrogen-bond donors (Lipinski definition) is 0. The van der Waals surface area contributed by atoms with E-state index >= 15 is 0 Å². The molecule has 63 heavy (non-hydrogen) atoms. The van der Waals surface area contributed by atoms with Crippen molar-refractivity contribution in [2.75, 3.05) is 0 Å². The topological polar surface area (TPSA) is 25.8 Å². The minimum absolute atomic E-state index is 0.480. The molecule has 1 aliphatic rings. The van der Waals surface area contributed by atoms with Crippen molar-refractivity contribution in [1.82, 2.24) is 9.97 Å². The van der Waals surface area contributed by atoms with Crippen molar-refractivity contribution in [3.63, 3.8) is 0 Å². The van der Waals surface area contributed by atoms with Gasteiger partial charge in [-0.15, -0.1) is 0 Å². The number of benzene rings is 10. The van der Waals surface area contributed by atoms with Crippen LogP contribution >= 0.6 is 0 Å². The molecule has 2 heteroatoms. The molecule has 0 amide bonds. The molecule has 2 nitrogen and oxygen atoms in total. The Bertz CT molecular complexity index is 3450. The Balaban J connectivity index is 1.07. The smallest absolute Gasteiger partial charge is 0.161 e. The molecule has 0 radical (unpaired) electrons. The molecular weight excluding hydrogens is 761 g/mol. The average Bonchev–Trinajstić information content (AvgIpc) is 3.68. The maximum atomic E-state index is 5.47. The van der Waals surface area contributed by atoms with Gasteiger partial charge in [-0.2, -0.15) is 0 Å². The minimum atomic E-state index is -0.480. The lowest BCUT2D eigenvalue weighted by atomic mass is 9.67. The number of rotatable bonds is 7. The molecule has 0 aliphatic heterocycles. The predicted octanol–water partition coefficient (Wildman–Crippen LogP) is 15.5. The van der Waals surface area contributed by atoms with Crippen LogP contribution in [0.4, 0.5) is 0 Å². The van der Waals surface area contributed by atoms with E-state index in [2.05, 4.69) is 243 Å². The fourth-order valence-corrected chi connectivity index (χ4v) is 10.3. The summed E-state index contributed by atoms with van der Waals surface area (Å²) in [6.07, 6.45) is 0. The fourth-order valence-electron chi connectivity index (χ4n) is 10.3. The highest BCUT2D eigenvalue weighted by Crippen LogP contribution is 2.58. The number of nitrogens with zero attached hydrogens (tertiary/aromatic N) is 2. The summed E-state index contributed by atoms with van der Waals surface area (Å²) in [4.78, 5) is 10.8. The van der Waals surface area contributed by atoms with Gasteiger partial charge in [0.2, 0.25) is 0 Å². The van der Waals surface area contributed by atoms with Crippen molar-refractivity contribution in [2.45, 2.75) is 5.41 Å². The zero-order valence-corrected chi connectivity index (χ0v) is 34.5. The van der Waals surface area contributed by atoms with E-state index in [-0.39, 0.29) is 0 Å². The molecule has 0 fully saturated rings. The molecule has 0 bridgehead atoms. The summed E-state index contributed by atoms with van der Waals surface area (Å²) in [7, 11) is 0. The van der Waals surface area contributed by atoms with Gasteiger partial charge in [-0.05, 0) is 89.3 Å². The molecule has 1 heterocycles. The van der Waals surface area contributed by atoms with E-state index < -0.39 is 5.41 Å². The first-order valence-electron chi connectivity index (χ1n) is 21.7. The maximum Gasteiger partial charge on any atom is 0.161 e. The Morgan fingerprint density at radius 1 is 0.270 bits per heavy atom. The molecule has 1 aromatic heterocycles. The third-order valence-corrected chi connectivity index (χ3v) is 13.0. The molecule has 0 atom stereocenters. The lowest BCUT2D eigenvalue weighted by Crippen LogP contribution is -2.28. The van der Waals surface area contributed by atoms with Crippen molar-refractivity contribution < 1.29 is 0 Å². The predicted molar refractivity (Wildman–Crippen MR) is 262 cm³/mol. The zero-order chi connectivity index (χ0) is 41.7. The van der Waals surface area contributed by atoms with Crippen molar-refractivity contribution in [1.29, 1.82) is 0 Å². The highest BCUT2D eigenvalue weighted by molar-refractivity contribution is 6.09. The minimum Gasteiger partial charge on any atom is -0.228 e. The van der Waals surface area contributed by atoms with E-state index in [9.17, 15) is 0 Å². The van der Waals surface area contributed by atoms with Crippen molar-refractivity contribution >= 4 is 21.5 Å². The monoisotopic (exact) mass is 800 g/mol.